The second-order valence-corrected chi connectivity index (χ2v) is 11.8. The van der Waals surface area contributed by atoms with Gasteiger partial charge in [-0.2, -0.15) is 0 Å². The molecule has 210 valence electrons. The molecule has 2 rings (SSSR count). The molecule has 0 aliphatic carbocycles. The predicted molar refractivity (Wildman–Crippen MR) is 153 cm³/mol. The highest BCUT2D eigenvalue weighted by Crippen LogP contribution is 2.30. The van der Waals surface area contributed by atoms with Crippen LogP contribution >= 0.6 is 23.2 Å². The molecule has 2 aromatic carbocycles. The molecular weight excluding hydrogens is 549 g/mol. The van der Waals surface area contributed by atoms with Crippen molar-refractivity contribution in [3.05, 3.63) is 58.1 Å². The fourth-order valence-electron chi connectivity index (χ4n) is 4.01. The van der Waals surface area contributed by atoms with E-state index in [1.165, 1.54) is 16.3 Å². The van der Waals surface area contributed by atoms with Crippen molar-refractivity contribution in [2.45, 2.75) is 65.1 Å². The summed E-state index contributed by atoms with van der Waals surface area (Å²) < 4.78 is 31.7. The largest absolute Gasteiger partial charge is 0.495 e. The van der Waals surface area contributed by atoms with Gasteiger partial charge in [-0.25, -0.2) is 8.42 Å². The van der Waals surface area contributed by atoms with Crippen LogP contribution < -0.4 is 14.4 Å². The normalized spacial score (nSPS) is 12.9. The van der Waals surface area contributed by atoms with E-state index in [0.717, 1.165) is 18.2 Å². The molecule has 0 aromatic heterocycles. The SMILES string of the molecule is CC[C@@H](C)NC(=O)[C@H](CC)N(Cc1ccc(Cl)c(Cl)c1)C(=O)CCCN(c1ccccc1OC)S(C)(=O)=O. The number of amides is 2. The standard InChI is InChI=1S/C27H37Cl2N3O5S/c1-6-19(3)30-27(34)23(7-2)31(18-20-14-15-21(28)22(29)17-20)26(33)13-10-16-32(38(5,35)36)24-11-8-9-12-25(24)37-4/h8-9,11-12,14-15,17,19,23H,6-7,10,13,16,18H2,1-5H3,(H,30,34)/t19-,23+/m1/s1. The first-order valence-corrected chi connectivity index (χ1v) is 15.2. The molecule has 0 saturated heterocycles. The number of hydrogen-bond donors (Lipinski definition) is 1. The Labute approximate surface area is 236 Å². The van der Waals surface area contributed by atoms with Crippen LogP contribution in [0.2, 0.25) is 10.0 Å². The van der Waals surface area contributed by atoms with Gasteiger partial charge in [0.15, 0.2) is 0 Å². The number of carbonyl (C=O) groups excluding carboxylic acids is 2. The Morgan fingerprint density at radius 2 is 1.74 bits per heavy atom. The molecule has 38 heavy (non-hydrogen) atoms. The highest BCUT2D eigenvalue weighted by molar-refractivity contribution is 7.92. The smallest absolute Gasteiger partial charge is 0.243 e. The average Bonchev–Trinajstić information content (AvgIpc) is 2.87. The molecule has 2 aromatic rings. The summed E-state index contributed by atoms with van der Waals surface area (Å²) >= 11 is 12.3. The third-order valence-electron chi connectivity index (χ3n) is 6.23. The Kier molecular flexibility index (Phi) is 12.2. The first-order chi connectivity index (χ1) is 17.9. The summed E-state index contributed by atoms with van der Waals surface area (Å²) in [5, 5.41) is 3.72. The van der Waals surface area contributed by atoms with E-state index >= 15 is 0 Å². The number of halogens is 2. The lowest BCUT2D eigenvalue weighted by Crippen LogP contribution is -2.50. The molecule has 1 N–H and O–H groups in total. The molecule has 2 amide bonds. The van der Waals surface area contributed by atoms with Gasteiger partial charge in [0.1, 0.15) is 11.8 Å². The van der Waals surface area contributed by atoms with Crippen LogP contribution in [-0.4, -0.2) is 57.1 Å². The number of hydrogen-bond acceptors (Lipinski definition) is 5. The first kappa shape index (κ1) is 31.7. The second kappa shape index (κ2) is 14.6. The molecular formula is C27H37Cl2N3O5S. The lowest BCUT2D eigenvalue weighted by Gasteiger charge is -2.32. The van der Waals surface area contributed by atoms with Crippen LogP contribution in [0.3, 0.4) is 0 Å². The zero-order valence-electron chi connectivity index (χ0n) is 22.5. The van der Waals surface area contributed by atoms with Crippen molar-refractivity contribution < 1.29 is 22.7 Å². The van der Waals surface area contributed by atoms with Gasteiger partial charge in [-0.15, -0.1) is 0 Å². The van der Waals surface area contributed by atoms with Crippen molar-refractivity contribution in [3.8, 4) is 5.75 Å². The summed E-state index contributed by atoms with van der Waals surface area (Å²) in [4.78, 5) is 28.2. The quantitative estimate of drug-likeness (QED) is 0.326. The molecule has 0 radical (unpaired) electrons. The van der Waals surface area contributed by atoms with Crippen LogP contribution in [0.5, 0.6) is 5.75 Å². The van der Waals surface area contributed by atoms with Gasteiger partial charge < -0.3 is 15.0 Å². The number of nitrogens with zero attached hydrogens (tertiary/aromatic N) is 2. The molecule has 8 nitrogen and oxygen atoms in total. The number of para-hydroxylation sites is 2. The van der Waals surface area contributed by atoms with Crippen molar-refractivity contribution in [2.24, 2.45) is 0 Å². The molecule has 0 fully saturated rings. The van der Waals surface area contributed by atoms with Gasteiger partial charge in [-0.3, -0.25) is 13.9 Å². The van der Waals surface area contributed by atoms with Crippen LogP contribution in [0.1, 0.15) is 52.0 Å². The zero-order chi connectivity index (χ0) is 28.5. The van der Waals surface area contributed by atoms with E-state index < -0.39 is 16.1 Å². The monoisotopic (exact) mass is 585 g/mol. The fourth-order valence-corrected chi connectivity index (χ4v) is 5.30. The number of sulfonamides is 1. The highest BCUT2D eigenvalue weighted by atomic mass is 35.5. The van der Waals surface area contributed by atoms with Gasteiger partial charge in [-0.05, 0) is 56.0 Å². The summed E-state index contributed by atoms with van der Waals surface area (Å²) in [6, 6.07) is 11.2. The van der Waals surface area contributed by atoms with Crippen LogP contribution in [0, 0.1) is 0 Å². The number of rotatable bonds is 14. The third-order valence-corrected chi connectivity index (χ3v) is 8.15. The molecule has 0 unspecified atom stereocenters. The lowest BCUT2D eigenvalue weighted by molar-refractivity contribution is -0.141. The predicted octanol–water partition coefficient (Wildman–Crippen LogP) is 5.27. The Hall–Kier alpha value is -2.49. The van der Waals surface area contributed by atoms with E-state index in [4.69, 9.17) is 27.9 Å². The summed E-state index contributed by atoms with van der Waals surface area (Å²) in [5.74, 6) is -0.0870. The van der Waals surface area contributed by atoms with Gasteiger partial charge in [0, 0.05) is 25.6 Å². The number of ether oxygens (including phenoxy) is 1. The van der Waals surface area contributed by atoms with E-state index in [-0.39, 0.29) is 43.8 Å². The number of anilines is 1. The lowest BCUT2D eigenvalue weighted by atomic mass is 10.1. The van der Waals surface area contributed by atoms with Crippen LogP contribution in [0.4, 0.5) is 5.69 Å². The third kappa shape index (κ3) is 8.78. The molecule has 0 aliphatic heterocycles. The Bertz CT molecular complexity index is 1210. The topological polar surface area (TPSA) is 96.0 Å². The van der Waals surface area contributed by atoms with Crippen LogP contribution in [-0.2, 0) is 26.2 Å². The Balaban J connectivity index is 2.28. The summed E-state index contributed by atoms with van der Waals surface area (Å²) in [6.45, 7) is 5.96. The molecule has 11 heteroatoms. The number of benzene rings is 2. The summed E-state index contributed by atoms with van der Waals surface area (Å²) in [6.07, 6.45) is 2.56. The van der Waals surface area contributed by atoms with Gasteiger partial charge >= 0.3 is 0 Å². The minimum Gasteiger partial charge on any atom is -0.495 e. The van der Waals surface area contributed by atoms with Gasteiger partial charge in [0.05, 0.1) is 29.1 Å². The number of carbonyl (C=O) groups is 2. The van der Waals surface area contributed by atoms with Gasteiger partial charge in [-0.1, -0.05) is 55.2 Å². The maximum absolute atomic E-state index is 13.5. The second-order valence-electron chi connectivity index (χ2n) is 9.12. The molecule has 0 heterocycles. The van der Waals surface area contributed by atoms with Crippen molar-refractivity contribution in [1.82, 2.24) is 10.2 Å². The van der Waals surface area contributed by atoms with E-state index in [9.17, 15) is 18.0 Å². The minimum absolute atomic E-state index is 0.0373. The molecule has 0 aliphatic rings. The molecule has 0 saturated carbocycles. The van der Waals surface area contributed by atoms with Crippen molar-refractivity contribution >= 4 is 50.7 Å². The Morgan fingerprint density at radius 3 is 2.32 bits per heavy atom. The van der Waals surface area contributed by atoms with Crippen LogP contribution in [0.25, 0.3) is 0 Å². The first-order valence-electron chi connectivity index (χ1n) is 12.6. The Morgan fingerprint density at radius 1 is 1.05 bits per heavy atom. The minimum atomic E-state index is -3.64. The van der Waals surface area contributed by atoms with E-state index in [0.29, 0.717) is 27.9 Å². The van der Waals surface area contributed by atoms with Crippen LogP contribution in [0.15, 0.2) is 42.5 Å². The summed E-state index contributed by atoms with van der Waals surface area (Å²) in [7, 11) is -2.17. The maximum Gasteiger partial charge on any atom is 0.243 e. The molecule has 2 atom stereocenters. The van der Waals surface area contributed by atoms with Gasteiger partial charge in [0.25, 0.3) is 0 Å². The molecule has 0 spiro atoms. The van der Waals surface area contributed by atoms with Crippen molar-refractivity contribution in [2.75, 3.05) is 24.2 Å². The van der Waals surface area contributed by atoms with E-state index in [2.05, 4.69) is 5.32 Å². The number of nitrogens with one attached hydrogen (secondary N) is 1. The van der Waals surface area contributed by atoms with Gasteiger partial charge in [0.2, 0.25) is 21.8 Å². The van der Waals surface area contributed by atoms with Crippen molar-refractivity contribution in [3.63, 3.8) is 0 Å². The van der Waals surface area contributed by atoms with Crippen molar-refractivity contribution in [1.29, 1.82) is 0 Å². The molecule has 0 bridgehead atoms. The highest BCUT2D eigenvalue weighted by Gasteiger charge is 2.30. The number of methoxy groups -OCH3 is 1. The zero-order valence-corrected chi connectivity index (χ0v) is 24.9. The average molecular weight is 587 g/mol. The van der Waals surface area contributed by atoms with E-state index in [1.807, 2.05) is 20.8 Å². The van der Waals surface area contributed by atoms with E-state index in [1.54, 1.807) is 42.5 Å². The maximum atomic E-state index is 13.5. The summed E-state index contributed by atoms with van der Waals surface area (Å²) in [5.41, 5.74) is 1.13. The fraction of sp³-hybridized carbons (Fsp3) is 0.481.